The molecule has 1 aromatic carbocycles. The highest BCUT2D eigenvalue weighted by Crippen LogP contribution is 2.34. The van der Waals surface area contributed by atoms with Crippen LogP contribution in [0.25, 0.3) is 0 Å². The van der Waals surface area contributed by atoms with E-state index in [0.717, 1.165) is 6.07 Å². The molecular weight excluding hydrogens is 528 g/mol. The van der Waals surface area contributed by atoms with E-state index in [4.69, 9.17) is 37.9 Å². The van der Waals surface area contributed by atoms with Gasteiger partial charge in [-0.3, -0.25) is 10.1 Å². The van der Waals surface area contributed by atoms with Crippen LogP contribution in [0.15, 0.2) is 12.1 Å². The highest BCUT2D eigenvalue weighted by atomic mass is 16.7. The monoisotopic (exact) mass is 562 g/mol. The predicted octanol–water partition coefficient (Wildman–Crippen LogP) is 2.18. The number of alkyl carbamates (subject to hydrolysis) is 1. The number of hydrogen-bond donors (Lipinski definition) is 2. The summed E-state index contributed by atoms with van der Waals surface area (Å²) in [6, 6.07) is 2.47. The molecule has 39 heavy (non-hydrogen) atoms. The molecule has 2 N–H and O–H groups in total. The summed E-state index contributed by atoms with van der Waals surface area (Å²) >= 11 is 0. The molecule has 0 fully saturated rings. The number of amides is 1. The third-order valence-corrected chi connectivity index (χ3v) is 4.96. The molecule has 0 aliphatic rings. The van der Waals surface area contributed by atoms with Crippen molar-refractivity contribution in [3.63, 3.8) is 0 Å². The normalized spacial score (nSPS) is 11.9. The highest BCUT2D eigenvalue weighted by molar-refractivity contribution is 5.67. The van der Waals surface area contributed by atoms with Crippen molar-refractivity contribution in [2.45, 2.75) is 20.0 Å². The van der Waals surface area contributed by atoms with Crippen LogP contribution < -0.4 is 14.8 Å². The molecule has 1 rings (SSSR count). The third kappa shape index (κ3) is 12.4. The molecule has 0 heterocycles. The molecule has 1 atom stereocenters. The summed E-state index contributed by atoms with van der Waals surface area (Å²) in [4.78, 5) is 45.9. The minimum atomic E-state index is -1.09. The average molecular weight is 563 g/mol. The first-order chi connectivity index (χ1) is 18.6. The van der Waals surface area contributed by atoms with Crippen molar-refractivity contribution >= 4 is 24.1 Å². The molecule has 0 saturated carbocycles. The second-order valence-corrected chi connectivity index (χ2v) is 8.17. The molecule has 0 radical (unpaired) electrons. The fraction of sp³-hybridized carbons (Fsp3) is 0.609. The zero-order chi connectivity index (χ0) is 29.3. The van der Waals surface area contributed by atoms with E-state index in [2.05, 4.69) is 5.32 Å². The Morgan fingerprint density at radius 2 is 1.51 bits per heavy atom. The number of nitrogens with zero attached hydrogens (tertiary/aromatic N) is 1. The van der Waals surface area contributed by atoms with Crippen LogP contribution in [0.5, 0.6) is 11.5 Å². The number of ether oxygens (including phenoxy) is 8. The lowest BCUT2D eigenvalue weighted by Crippen LogP contribution is -2.41. The summed E-state index contributed by atoms with van der Waals surface area (Å²) in [7, 11) is 4.14. The molecule has 1 unspecified atom stereocenters. The Bertz CT molecular complexity index is 957. The lowest BCUT2D eigenvalue weighted by molar-refractivity contribution is -0.385. The largest absolute Gasteiger partial charge is 0.508 e. The molecule has 16 heteroatoms. The van der Waals surface area contributed by atoms with Gasteiger partial charge in [0.2, 0.25) is 0 Å². The molecule has 220 valence electrons. The Hall–Kier alpha value is -4.05. The van der Waals surface area contributed by atoms with Crippen molar-refractivity contribution in [3.05, 3.63) is 27.8 Å². The lowest BCUT2D eigenvalue weighted by atomic mass is 9.93. The summed E-state index contributed by atoms with van der Waals surface area (Å²) < 4.78 is 39.3. The maximum atomic E-state index is 12.2. The van der Waals surface area contributed by atoms with Gasteiger partial charge in [-0.1, -0.05) is 6.92 Å². The first-order valence-corrected chi connectivity index (χ1v) is 11.6. The van der Waals surface area contributed by atoms with Gasteiger partial charge in [0.25, 0.3) is 5.69 Å². The van der Waals surface area contributed by atoms with Crippen LogP contribution in [-0.4, -0.2) is 95.9 Å². The van der Waals surface area contributed by atoms with Crippen LogP contribution in [0.3, 0.4) is 0 Å². The molecule has 0 aliphatic carbocycles. The second kappa shape index (κ2) is 17.5. The van der Waals surface area contributed by atoms with Gasteiger partial charge in [0.1, 0.15) is 19.8 Å². The number of methoxy groups -OCH3 is 3. The number of nitro groups is 1. The standard InChI is InChI=1S/C23H34N2O14/c1-23(14-26,15-39-22(29)36-7-5-6-35-21(28)37-9-8-32-2)13-24-20(27)38-12-16-10-18(33-3)19(34-4)11-17(16)25(30)31/h10-11,26H,5-9,12-15H2,1-4H3,(H,24,27). The number of carbonyl (C=O) groups excluding carboxylic acids is 3. The van der Waals surface area contributed by atoms with Crippen LogP contribution in [0, 0.1) is 15.5 Å². The second-order valence-electron chi connectivity index (χ2n) is 8.17. The number of aliphatic hydroxyl groups is 1. The van der Waals surface area contributed by atoms with E-state index in [9.17, 15) is 29.6 Å². The molecule has 0 spiro atoms. The Kier molecular flexibility index (Phi) is 14.8. The van der Waals surface area contributed by atoms with Crippen LogP contribution in [0.4, 0.5) is 20.1 Å². The van der Waals surface area contributed by atoms with Crippen molar-refractivity contribution < 1.29 is 62.3 Å². The number of hydrogen-bond acceptors (Lipinski definition) is 14. The maximum Gasteiger partial charge on any atom is 0.508 e. The number of aliphatic hydroxyl groups excluding tert-OH is 1. The van der Waals surface area contributed by atoms with Gasteiger partial charge in [0.05, 0.1) is 57.2 Å². The van der Waals surface area contributed by atoms with Gasteiger partial charge < -0.3 is 48.3 Å². The molecular formula is C23H34N2O14. The zero-order valence-corrected chi connectivity index (χ0v) is 22.2. The van der Waals surface area contributed by atoms with Crippen molar-refractivity contribution in [3.8, 4) is 11.5 Å². The van der Waals surface area contributed by atoms with Crippen molar-refractivity contribution in [1.29, 1.82) is 0 Å². The summed E-state index contributed by atoms with van der Waals surface area (Å²) in [5.74, 6) is 0.355. The van der Waals surface area contributed by atoms with E-state index in [1.807, 2.05) is 0 Å². The Labute approximate surface area is 224 Å². The van der Waals surface area contributed by atoms with Crippen molar-refractivity contribution in [1.82, 2.24) is 5.32 Å². The maximum absolute atomic E-state index is 12.2. The Morgan fingerprint density at radius 3 is 2.08 bits per heavy atom. The van der Waals surface area contributed by atoms with E-state index in [-0.39, 0.29) is 68.7 Å². The van der Waals surface area contributed by atoms with Gasteiger partial charge >= 0.3 is 18.4 Å². The van der Waals surface area contributed by atoms with Crippen LogP contribution >= 0.6 is 0 Å². The molecule has 1 aromatic rings. The van der Waals surface area contributed by atoms with Gasteiger partial charge in [-0.25, -0.2) is 14.4 Å². The van der Waals surface area contributed by atoms with Crippen LogP contribution in [-0.2, 0) is 35.0 Å². The van der Waals surface area contributed by atoms with Crippen LogP contribution in [0.1, 0.15) is 18.9 Å². The summed E-state index contributed by atoms with van der Waals surface area (Å²) in [6.07, 6.45) is -2.64. The minimum absolute atomic E-state index is 0.0497. The SMILES string of the molecule is COCCOC(=O)OCCCOC(=O)OCC(C)(CO)CNC(=O)OCc1cc(OC)c(OC)cc1[N+](=O)[O-]. The first-order valence-electron chi connectivity index (χ1n) is 11.6. The Balaban J connectivity index is 2.44. The number of nitrogens with one attached hydrogen (secondary N) is 1. The lowest BCUT2D eigenvalue weighted by Gasteiger charge is -2.26. The van der Waals surface area contributed by atoms with Crippen molar-refractivity contribution in [2.75, 3.05) is 67.5 Å². The predicted molar refractivity (Wildman–Crippen MR) is 131 cm³/mol. The minimum Gasteiger partial charge on any atom is -0.493 e. The number of rotatable bonds is 17. The van der Waals surface area contributed by atoms with E-state index >= 15 is 0 Å². The molecule has 0 aliphatic heterocycles. The number of nitro benzene ring substituents is 1. The van der Waals surface area contributed by atoms with Crippen LogP contribution in [0.2, 0.25) is 0 Å². The van der Waals surface area contributed by atoms with E-state index in [1.165, 1.54) is 34.3 Å². The van der Waals surface area contributed by atoms with E-state index in [0.29, 0.717) is 0 Å². The fourth-order valence-electron chi connectivity index (χ4n) is 2.72. The number of benzene rings is 1. The quantitative estimate of drug-likeness (QED) is 0.0919. The average Bonchev–Trinajstić information content (AvgIpc) is 2.93. The molecule has 16 nitrogen and oxygen atoms in total. The van der Waals surface area contributed by atoms with E-state index < -0.39 is 42.0 Å². The number of carbonyl (C=O) groups is 3. The van der Waals surface area contributed by atoms with Crippen molar-refractivity contribution in [2.24, 2.45) is 5.41 Å². The smallest absolute Gasteiger partial charge is 0.493 e. The zero-order valence-electron chi connectivity index (χ0n) is 22.2. The Morgan fingerprint density at radius 1 is 0.923 bits per heavy atom. The van der Waals surface area contributed by atoms with Gasteiger partial charge in [-0.05, 0) is 6.07 Å². The topological polar surface area (TPSA) is 200 Å². The molecule has 1 amide bonds. The van der Waals surface area contributed by atoms with Gasteiger partial charge in [0, 0.05) is 25.5 Å². The van der Waals surface area contributed by atoms with E-state index in [1.54, 1.807) is 0 Å². The summed E-state index contributed by atoms with van der Waals surface area (Å²) in [5.41, 5.74) is -1.36. The summed E-state index contributed by atoms with van der Waals surface area (Å²) in [6.45, 7) is 0.263. The third-order valence-electron chi connectivity index (χ3n) is 4.96. The molecule has 0 saturated heterocycles. The fourth-order valence-corrected chi connectivity index (χ4v) is 2.72. The highest BCUT2D eigenvalue weighted by Gasteiger charge is 2.28. The first kappa shape index (κ1) is 33.0. The molecule has 0 aromatic heterocycles. The van der Waals surface area contributed by atoms with Gasteiger partial charge in [-0.15, -0.1) is 0 Å². The van der Waals surface area contributed by atoms with Gasteiger partial charge in [0.15, 0.2) is 11.5 Å². The summed E-state index contributed by atoms with van der Waals surface area (Å²) in [5, 5.41) is 23.5. The van der Waals surface area contributed by atoms with Gasteiger partial charge in [-0.2, -0.15) is 0 Å². The molecule has 0 bridgehead atoms.